The minimum atomic E-state index is -0.467. The Bertz CT molecular complexity index is 1270. The Morgan fingerprint density at radius 1 is 1.05 bits per heavy atom. The van der Waals surface area contributed by atoms with E-state index < -0.39 is 12.1 Å². The number of hydrogen-bond donors (Lipinski definition) is 1. The Labute approximate surface area is 237 Å². The minimum absolute atomic E-state index is 0.0883. The molecule has 1 aliphatic heterocycles. The Morgan fingerprint density at radius 3 is 2.50 bits per heavy atom. The van der Waals surface area contributed by atoms with E-state index in [2.05, 4.69) is 20.3 Å². The Hall–Kier alpha value is -4.10. The summed E-state index contributed by atoms with van der Waals surface area (Å²) in [5, 5.41) is 3.19. The molecule has 2 amide bonds. The molecule has 0 spiro atoms. The number of carbonyl (C=O) groups is 2. The first-order valence-corrected chi connectivity index (χ1v) is 13.0. The average molecular weight is 574 g/mol. The molecule has 1 aliphatic rings. The number of piperazine rings is 1. The van der Waals surface area contributed by atoms with Gasteiger partial charge in [0.2, 0.25) is 11.9 Å². The molecule has 13 nitrogen and oxygen atoms in total. The zero-order valence-corrected chi connectivity index (χ0v) is 23.3. The van der Waals surface area contributed by atoms with Gasteiger partial charge in [-0.2, -0.15) is 4.98 Å². The van der Waals surface area contributed by atoms with Gasteiger partial charge < -0.3 is 34.1 Å². The standard InChI is InChI=1S/C26H32ClN7O6/c1-37-8-9-40-26(36)32-6-7-34(23-14-22(27)30-25(31-23)33-5-4-28-17-33)19(16-32)12-24(35)29-15-18-10-20(38-2)13-21(11-18)39-3/h4-5,10-11,13-14,17,19H,6-9,12,15-16H2,1-3H3,(H,29,35). The second kappa shape index (κ2) is 13.8. The first kappa shape index (κ1) is 28.9. The number of nitrogens with one attached hydrogen (secondary N) is 1. The predicted molar refractivity (Wildman–Crippen MR) is 146 cm³/mol. The molecule has 0 saturated carbocycles. The van der Waals surface area contributed by atoms with E-state index in [0.717, 1.165) is 5.56 Å². The molecule has 214 valence electrons. The number of halogens is 1. The molecule has 1 unspecified atom stereocenters. The third-order valence-electron chi connectivity index (χ3n) is 6.28. The molecule has 40 heavy (non-hydrogen) atoms. The molecular formula is C26H32ClN7O6. The van der Waals surface area contributed by atoms with Gasteiger partial charge in [0.05, 0.1) is 26.9 Å². The quantitative estimate of drug-likeness (QED) is 0.269. The topological polar surface area (TPSA) is 133 Å². The van der Waals surface area contributed by atoms with Gasteiger partial charge in [-0.15, -0.1) is 0 Å². The third-order valence-corrected chi connectivity index (χ3v) is 6.47. The van der Waals surface area contributed by atoms with Gasteiger partial charge in [-0.05, 0) is 17.7 Å². The van der Waals surface area contributed by atoms with Crippen molar-refractivity contribution < 1.29 is 28.5 Å². The number of carbonyl (C=O) groups excluding carboxylic acids is 2. The van der Waals surface area contributed by atoms with Crippen molar-refractivity contribution in [1.82, 2.24) is 29.7 Å². The van der Waals surface area contributed by atoms with Crippen LogP contribution in [0.4, 0.5) is 10.6 Å². The van der Waals surface area contributed by atoms with Crippen LogP contribution in [0.5, 0.6) is 11.5 Å². The van der Waals surface area contributed by atoms with E-state index in [1.54, 1.807) is 54.5 Å². The summed E-state index contributed by atoms with van der Waals surface area (Å²) in [6.07, 6.45) is 4.52. The van der Waals surface area contributed by atoms with Crippen molar-refractivity contribution in [1.29, 1.82) is 0 Å². The van der Waals surface area contributed by atoms with Crippen LogP contribution in [0.15, 0.2) is 43.0 Å². The van der Waals surface area contributed by atoms with Gasteiger partial charge >= 0.3 is 6.09 Å². The summed E-state index contributed by atoms with van der Waals surface area (Å²) >= 11 is 6.35. The summed E-state index contributed by atoms with van der Waals surface area (Å²) in [5.41, 5.74) is 0.820. The van der Waals surface area contributed by atoms with Crippen molar-refractivity contribution in [2.24, 2.45) is 0 Å². The number of imidazole rings is 1. The molecule has 3 aromatic rings. The fraction of sp³-hybridized carbons (Fsp3) is 0.423. The van der Waals surface area contributed by atoms with Gasteiger partial charge in [-0.3, -0.25) is 9.36 Å². The number of nitrogens with zero attached hydrogens (tertiary/aromatic N) is 6. The van der Waals surface area contributed by atoms with Gasteiger partial charge in [-0.25, -0.2) is 14.8 Å². The lowest BCUT2D eigenvalue weighted by molar-refractivity contribution is -0.121. The zero-order valence-electron chi connectivity index (χ0n) is 22.6. The van der Waals surface area contributed by atoms with Crippen LogP contribution < -0.4 is 19.7 Å². The van der Waals surface area contributed by atoms with Gasteiger partial charge in [-0.1, -0.05) is 11.6 Å². The molecule has 1 aromatic carbocycles. The highest BCUT2D eigenvalue weighted by molar-refractivity contribution is 6.29. The molecule has 1 N–H and O–H groups in total. The average Bonchev–Trinajstić information content (AvgIpc) is 3.51. The van der Waals surface area contributed by atoms with Crippen molar-refractivity contribution >= 4 is 29.4 Å². The normalized spacial score (nSPS) is 15.1. The smallest absolute Gasteiger partial charge is 0.409 e. The van der Waals surface area contributed by atoms with E-state index in [4.69, 9.17) is 30.5 Å². The van der Waals surface area contributed by atoms with Crippen LogP contribution in [-0.2, 0) is 20.8 Å². The van der Waals surface area contributed by atoms with E-state index in [1.807, 2.05) is 17.0 Å². The molecule has 4 rings (SSSR count). The lowest BCUT2D eigenvalue weighted by atomic mass is 10.1. The summed E-state index contributed by atoms with van der Waals surface area (Å²) in [4.78, 5) is 42.4. The number of amides is 2. The number of ether oxygens (including phenoxy) is 4. The van der Waals surface area contributed by atoms with E-state index in [0.29, 0.717) is 43.0 Å². The Kier molecular flexibility index (Phi) is 9.97. The van der Waals surface area contributed by atoms with E-state index in [-0.39, 0.29) is 37.2 Å². The SMILES string of the molecule is COCCOC(=O)N1CCN(c2cc(Cl)nc(-n3ccnc3)n2)C(CC(=O)NCc2cc(OC)cc(OC)c2)C1. The van der Waals surface area contributed by atoms with Crippen LogP contribution in [-0.4, -0.2) is 96.6 Å². The highest BCUT2D eigenvalue weighted by atomic mass is 35.5. The van der Waals surface area contributed by atoms with E-state index in [1.165, 1.54) is 7.11 Å². The first-order chi connectivity index (χ1) is 19.4. The molecule has 0 aliphatic carbocycles. The van der Waals surface area contributed by atoms with Crippen LogP contribution in [0.3, 0.4) is 0 Å². The van der Waals surface area contributed by atoms with Gasteiger partial charge in [0.15, 0.2) is 0 Å². The number of anilines is 1. The number of hydrogen-bond acceptors (Lipinski definition) is 10. The number of methoxy groups -OCH3 is 3. The summed E-state index contributed by atoms with van der Waals surface area (Å²) < 4.78 is 22.6. The number of aromatic nitrogens is 4. The van der Waals surface area contributed by atoms with E-state index in [9.17, 15) is 9.59 Å². The van der Waals surface area contributed by atoms with Crippen LogP contribution in [0, 0.1) is 0 Å². The first-order valence-electron chi connectivity index (χ1n) is 12.6. The van der Waals surface area contributed by atoms with E-state index >= 15 is 0 Å². The summed E-state index contributed by atoms with van der Waals surface area (Å²) in [6.45, 7) is 1.72. The molecule has 1 fully saturated rings. The maximum absolute atomic E-state index is 13.2. The lowest BCUT2D eigenvalue weighted by Crippen LogP contribution is -2.56. The van der Waals surface area contributed by atoms with Crippen molar-refractivity contribution in [3.05, 3.63) is 53.7 Å². The van der Waals surface area contributed by atoms with Crippen molar-refractivity contribution in [3.63, 3.8) is 0 Å². The highest BCUT2D eigenvalue weighted by Gasteiger charge is 2.33. The van der Waals surface area contributed by atoms with Crippen molar-refractivity contribution in [3.8, 4) is 17.4 Å². The molecule has 2 aromatic heterocycles. The lowest BCUT2D eigenvalue weighted by Gasteiger charge is -2.41. The van der Waals surface area contributed by atoms with Gasteiger partial charge in [0.25, 0.3) is 0 Å². The molecular weight excluding hydrogens is 542 g/mol. The summed E-state index contributed by atoms with van der Waals surface area (Å²) in [7, 11) is 4.67. The third kappa shape index (κ3) is 7.51. The zero-order chi connectivity index (χ0) is 28.5. The van der Waals surface area contributed by atoms with Crippen LogP contribution in [0.1, 0.15) is 12.0 Å². The van der Waals surface area contributed by atoms with Crippen LogP contribution in [0.2, 0.25) is 5.15 Å². The second-order valence-electron chi connectivity index (χ2n) is 8.92. The molecule has 3 heterocycles. The van der Waals surface area contributed by atoms with Crippen LogP contribution in [0.25, 0.3) is 5.95 Å². The molecule has 1 atom stereocenters. The second-order valence-corrected chi connectivity index (χ2v) is 9.31. The molecule has 0 radical (unpaired) electrons. The fourth-order valence-corrected chi connectivity index (χ4v) is 4.46. The van der Waals surface area contributed by atoms with Crippen molar-refractivity contribution in [2.45, 2.75) is 19.0 Å². The largest absolute Gasteiger partial charge is 0.497 e. The maximum atomic E-state index is 13.2. The Balaban J connectivity index is 1.51. The highest BCUT2D eigenvalue weighted by Crippen LogP contribution is 2.25. The number of rotatable bonds is 11. The monoisotopic (exact) mass is 573 g/mol. The number of benzene rings is 1. The molecule has 0 bridgehead atoms. The summed E-state index contributed by atoms with van der Waals surface area (Å²) in [5.74, 6) is 1.92. The van der Waals surface area contributed by atoms with Crippen LogP contribution >= 0.6 is 11.6 Å². The minimum Gasteiger partial charge on any atom is -0.497 e. The molecule has 1 saturated heterocycles. The van der Waals surface area contributed by atoms with Gasteiger partial charge in [0.1, 0.15) is 35.4 Å². The van der Waals surface area contributed by atoms with Crippen molar-refractivity contribution in [2.75, 3.05) is 59.1 Å². The summed E-state index contributed by atoms with van der Waals surface area (Å²) in [6, 6.07) is 6.64. The fourth-order valence-electron chi connectivity index (χ4n) is 4.29. The molecule has 14 heteroatoms. The van der Waals surface area contributed by atoms with Gasteiger partial charge in [0, 0.05) is 64.2 Å². The maximum Gasteiger partial charge on any atom is 0.409 e. The Morgan fingerprint density at radius 2 is 1.82 bits per heavy atom. The predicted octanol–water partition coefficient (Wildman–Crippen LogP) is 2.31.